The minimum atomic E-state index is -1.67. The van der Waals surface area contributed by atoms with Crippen LogP contribution in [0.4, 0.5) is 0 Å². The molecule has 4 atom stereocenters. The zero-order valence-corrected chi connectivity index (χ0v) is 13.2. The van der Waals surface area contributed by atoms with E-state index in [1.165, 1.54) is 0 Å². The minimum absolute atomic E-state index is 0.0310. The Morgan fingerprint density at radius 2 is 1.39 bits per heavy atom. The lowest BCUT2D eigenvalue weighted by Gasteiger charge is -2.59. The van der Waals surface area contributed by atoms with E-state index in [4.69, 9.17) is 4.74 Å². The van der Waals surface area contributed by atoms with E-state index in [0.29, 0.717) is 0 Å². The van der Waals surface area contributed by atoms with Gasteiger partial charge >= 0.3 is 0 Å². The number of hydrogen-bond donors (Lipinski definition) is 0. The summed E-state index contributed by atoms with van der Waals surface area (Å²) in [6.45, 7) is 5.82. The maximum atomic E-state index is 9.74. The Balaban J connectivity index is 2.14. The Bertz CT molecular complexity index is 759. The second-order valence-corrected chi connectivity index (χ2v) is 7.39. The quantitative estimate of drug-likeness (QED) is 0.693. The molecule has 0 amide bonds. The normalized spacial score (nSPS) is 34.5. The predicted octanol–water partition coefficient (Wildman–Crippen LogP) is 2.81. The van der Waals surface area contributed by atoms with Gasteiger partial charge in [0, 0.05) is 17.8 Å². The van der Waals surface area contributed by atoms with E-state index in [0.717, 1.165) is 5.76 Å². The SMILES string of the molecule is CC(C)(C)OC1=C[C@H]2[C@H]1[C@@H]1C=C[C@@H]2C(C#N)(C#N)C1(C#N)C#N. The van der Waals surface area contributed by atoms with Crippen LogP contribution >= 0.6 is 0 Å². The first-order valence-corrected chi connectivity index (χ1v) is 7.54. The van der Waals surface area contributed by atoms with Gasteiger partial charge in [0.15, 0.2) is 10.8 Å². The van der Waals surface area contributed by atoms with Crippen LogP contribution in [-0.4, -0.2) is 5.60 Å². The van der Waals surface area contributed by atoms with Gasteiger partial charge in [-0.05, 0) is 32.8 Å². The minimum Gasteiger partial charge on any atom is -0.492 e. The van der Waals surface area contributed by atoms with Crippen LogP contribution < -0.4 is 0 Å². The summed E-state index contributed by atoms with van der Waals surface area (Å²) in [4.78, 5) is 0. The Labute approximate surface area is 135 Å². The third kappa shape index (κ3) is 1.58. The molecule has 2 bridgehead atoms. The van der Waals surface area contributed by atoms with Gasteiger partial charge in [0.1, 0.15) is 5.60 Å². The third-order valence-electron chi connectivity index (χ3n) is 5.18. The molecule has 0 saturated heterocycles. The van der Waals surface area contributed by atoms with Gasteiger partial charge in [0.25, 0.3) is 0 Å². The van der Waals surface area contributed by atoms with E-state index >= 15 is 0 Å². The summed E-state index contributed by atoms with van der Waals surface area (Å²) in [5.41, 5.74) is -3.68. The van der Waals surface area contributed by atoms with Crippen molar-refractivity contribution in [3.8, 4) is 24.3 Å². The highest BCUT2D eigenvalue weighted by Gasteiger charge is 2.73. The van der Waals surface area contributed by atoms with Crippen molar-refractivity contribution in [1.82, 2.24) is 0 Å². The van der Waals surface area contributed by atoms with Gasteiger partial charge in [-0.15, -0.1) is 0 Å². The molecule has 4 aliphatic carbocycles. The fraction of sp³-hybridized carbons (Fsp3) is 0.556. The standard InChI is InChI=1S/C18H16N4O/c1-16(2,3)23-14-6-11-12-4-5-13(15(11)14)18(9-21,10-22)17(12,7-19)8-20/h4-6,11-13,15H,1-3H3/t11-,12+,13+,15+/m1/s1. The lowest BCUT2D eigenvalue weighted by Crippen LogP contribution is -2.63. The Kier molecular flexibility index (Phi) is 2.88. The van der Waals surface area contributed by atoms with Crippen molar-refractivity contribution in [2.24, 2.45) is 34.5 Å². The highest BCUT2D eigenvalue weighted by Crippen LogP contribution is 2.68. The van der Waals surface area contributed by atoms with Crippen LogP contribution in [0.25, 0.3) is 0 Å². The molecule has 4 rings (SSSR count). The summed E-state index contributed by atoms with van der Waals surface area (Å²) < 4.78 is 5.96. The zero-order valence-electron chi connectivity index (χ0n) is 13.2. The average Bonchev–Trinajstić information content (AvgIpc) is 2.50. The van der Waals surface area contributed by atoms with Crippen LogP contribution in [0.5, 0.6) is 0 Å². The molecule has 4 aliphatic rings. The largest absolute Gasteiger partial charge is 0.492 e. The molecule has 0 unspecified atom stereocenters. The molecule has 1 fully saturated rings. The summed E-state index contributed by atoms with van der Waals surface area (Å²) in [6, 6.07) is 8.06. The van der Waals surface area contributed by atoms with Gasteiger partial charge in [0.05, 0.1) is 30.0 Å². The highest BCUT2D eigenvalue weighted by molar-refractivity contribution is 5.49. The number of fused-ring (bicyclic) bond motifs is 1. The fourth-order valence-electron chi connectivity index (χ4n) is 4.24. The summed E-state index contributed by atoms with van der Waals surface area (Å²) in [6.07, 6.45) is 5.60. The second-order valence-electron chi connectivity index (χ2n) is 7.39. The van der Waals surface area contributed by atoms with E-state index in [1.54, 1.807) is 0 Å². The van der Waals surface area contributed by atoms with Crippen molar-refractivity contribution in [3.63, 3.8) is 0 Å². The van der Waals surface area contributed by atoms with Crippen molar-refractivity contribution < 1.29 is 4.74 Å². The van der Waals surface area contributed by atoms with Crippen LogP contribution in [-0.2, 0) is 4.74 Å². The van der Waals surface area contributed by atoms with Crippen LogP contribution in [0, 0.1) is 79.8 Å². The van der Waals surface area contributed by atoms with E-state index in [1.807, 2.05) is 63.3 Å². The third-order valence-corrected chi connectivity index (χ3v) is 5.18. The highest BCUT2D eigenvalue weighted by atomic mass is 16.5. The molecule has 0 aromatic heterocycles. The summed E-state index contributed by atoms with van der Waals surface area (Å²) in [7, 11) is 0. The molecule has 0 aliphatic heterocycles. The summed E-state index contributed by atoms with van der Waals surface area (Å²) in [5.74, 6) is -0.343. The molecule has 5 heteroatoms. The lowest BCUT2D eigenvalue weighted by atomic mass is 9.38. The molecule has 0 spiro atoms. The molecule has 0 N–H and O–H groups in total. The molecule has 5 nitrogen and oxygen atoms in total. The molecule has 114 valence electrons. The molecule has 0 heterocycles. The molecule has 23 heavy (non-hydrogen) atoms. The van der Waals surface area contributed by atoms with Gasteiger partial charge in [-0.25, -0.2) is 0 Å². The van der Waals surface area contributed by atoms with Crippen molar-refractivity contribution in [2.75, 3.05) is 0 Å². The van der Waals surface area contributed by atoms with Gasteiger partial charge in [0.2, 0.25) is 0 Å². The van der Waals surface area contributed by atoms with Gasteiger partial charge < -0.3 is 4.74 Å². The first-order valence-electron chi connectivity index (χ1n) is 7.54. The van der Waals surface area contributed by atoms with Crippen LogP contribution in [0.1, 0.15) is 20.8 Å². The summed E-state index contributed by atoms with van der Waals surface area (Å²) in [5, 5.41) is 38.8. The first kappa shape index (κ1) is 15.1. The van der Waals surface area contributed by atoms with E-state index in [9.17, 15) is 21.0 Å². The first-order chi connectivity index (χ1) is 10.8. The van der Waals surface area contributed by atoms with Gasteiger partial charge in [-0.1, -0.05) is 12.2 Å². The smallest absolute Gasteiger partial charge is 0.182 e. The van der Waals surface area contributed by atoms with E-state index in [2.05, 4.69) is 0 Å². The molecule has 0 aromatic rings. The molecule has 0 radical (unpaired) electrons. The number of nitriles is 4. The van der Waals surface area contributed by atoms with Crippen molar-refractivity contribution in [3.05, 3.63) is 24.0 Å². The van der Waals surface area contributed by atoms with Gasteiger partial charge in [-0.3, -0.25) is 0 Å². The Morgan fingerprint density at radius 1 is 0.913 bits per heavy atom. The maximum Gasteiger partial charge on any atom is 0.182 e. The fourth-order valence-corrected chi connectivity index (χ4v) is 4.24. The van der Waals surface area contributed by atoms with Gasteiger partial charge in [-0.2, -0.15) is 21.0 Å². The maximum absolute atomic E-state index is 9.74. The summed E-state index contributed by atoms with van der Waals surface area (Å²) >= 11 is 0. The van der Waals surface area contributed by atoms with Crippen LogP contribution in [0.3, 0.4) is 0 Å². The molecular weight excluding hydrogens is 288 g/mol. The second kappa shape index (κ2) is 4.38. The van der Waals surface area contributed by atoms with Crippen molar-refractivity contribution in [1.29, 1.82) is 21.0 Å². The van der Waals surface area contributed by atoms with Crippen LogP contribution in [0.2, 0.25) is 0 Å². The number of ether oxygens (including phenoxy) is 1. The molecule has 0 aromatic carbocycles. The van der Waals surface area contributed by atoms with E-state index in [-0.39, 0.29) is 17.4 Å². The number of nitrogens with zero attached hydrogens (tertiary/aromatic N) is 4. The van der Waals surface area contributed by atoms with E-state index < -0.39 is 22.7 Å². The Hall–Kier alpha value is -2.76. The van der Waals surface area contributed by atoms with Crippen LogP contribution in [0.15, 0.2) is 24.0 Å². The number of rotatable bonds is 1. The number of hydrogen-bond acceptors (Lipinski definition) is 5. The Morgan fingerprint density at radius 3 is 1.87 bits per heavy atom. The predicted molar refractivity (Wildman–Crippen MR) is 79.3 cm³/mol. The monoisotopic (exact) mass is 304 g/mol. The lowest BCUT2D eigenvalue weighted by molar-refractivity contribution is -0.0644. The molecular formula is C18H16N4O. The average molecular weight is 304 g/mol. The zero-order chi connectivity index (χ0) is 17.0. The molecule has 1 saturated carbocycles. The number of allylic oxidation sites excluding steroid dienone is 4. The van der Waals surface area contributed by atoms with Crippen molar-refractivity contribution in [2.45, 2.75) is 26.4 Å². The van der Waals surface area contributed by atoms with Crippen molar-refractivity contribution >= 4 is 0 Å². The topological polar surface area (TPSA) is 104 Å².